The number of carbonyl (C=O) groups excluding carboxylic acids is 1. The molecule has 4 rings (SSSR count). The lowest BCUT2D eigenvalue weighted by Gasteiger charge is -2.32. The Balaban J connectivity index is 1.72. The van der Waals surface area contributed by atoms with Gasteiger partial charge in [0, 0.05) is 38.4 Å². The number of aromatic carboxylic acids is 1. The number of fused-ring (bicyclic) bond motifs is 1. The van der Waals surface area contributed by atoms with Crippen molar-refractivity contribution in [1.82, 2.24) is 9.47 Å². The molecule has 0 radical (unpaired) electrons. The molecule has 1 aromatic heterocycles. The number of benzene rings is 1. The molecule has 1 aliphatic carbocycles. The van der Waals surface area contributed by atoms with Crippen molar-refractivity contribution in [3.8, 4) is 0 Å². The number of nitrogens with two attached hydrogens (primary N) is 1. The summed E-state index contributed by atoms with van der Waals surface area (Å²) in [5.41, 5.74) is 2.69. The maximum Gasteiger partial charge on any atom is 0.410 e. The molecule has 2 heterocycles. The summed E-state index contributed by atoms with van der Waals surface area (Å²) in [4.78, 5) is 40.0. The topological polar surface area (TPSA) is 118 Å². The normalized spacial score (nSPS) is 19.0. The molecule has 2 fully saturated rings. The monoisotopic (exact) mass is 506 g/mol. The van der Waals surface area contributed by atoms with E-state index in [4.69, 9.17) is 10.5 Å². The lowest BCUT2D eigenvalue weighted by molar-refractivity contribution is 0.0192. The van der Waals surface area contributed by atoms with Crippen LogP contribution in [0.2, 0.25) is 0 Å². The minimum absolute atomic E-state index is 0.0988. The van der Waals surface area contributed by atoms with Gasteiger partial charge in [-0.3, -0.25) is 4.79 Å². The third-order valence-electron chi connectivity index (χ3n) is 7.05. The number of pyridine rings is 1. The highest BCUT2D eigenvalue weighted by Crippen LogP contribution is 2.42. The Morgan fingerprint density at radius 1 is 1.22 bits per heavy atom. The number of carboxylic acids is 1. The highest BCUT2D eigenvalue weighted by Gasteiger charge is 2.37. The standard InChI is InChI=1S/C25H32F2N4O5/c1-12(29(5)24(35)36-25(2,3)4)13-8-9-30(10-13)21-17(26)19(28)16-20(18(21)27)31(14-6-7-14)11-15(22(16)32)23(33)34/h11-14H,6-10,28H2,1-5H3,(H,33,34)/t12-,13-/m0/s1. The summed E-state index contributed by atoms with van der Waals surface area (Å²) in [6.45, 7) is 7.76. The molecular weight excluding hydrogens is 474 g/mol. The average Bonchev–Trinajstić information content (AvgIpc) is 3.52. The van der Waals surface area contributed by atoms with Crippen molar-refractivity contribution in [3.05, 3.63) is 33.6 Å². The highest BCUT2D eigenvalue weighted by molar-refractivity contribution is 5.99. The van der Waals surface area contributed by atoms with Crippen molar-refractivity contribution < 1.29 is 28.2 Å². The van der Waals surface area contributed by atoms with Gasteiger partial charge in [0.2, 0.25) is 5.43 Å². The van der Waals surface area contributed by atoms with E-state index in [0.717, 1.165) is 6.20 Å². The van der Waals surface area contributed by atoms with Gasteiger partial charge in [-0.05, 0) is 52.9 Å². The summed E-state index contributed by atoms with van der Waals surface area (Å²) >= 11 is 0. The third-order valence-corrected chi connectivity index (χ3v) is 7.05. The van der Waals surface area contributed by atoms with Crippen LogP contribution in [0.4, 0.5) is 25.0 Å². The zero-order chi connectivity index (χ0) is 26.7. The Morgan fingerprint density at radius 2 is 1.86 bits per heavy atom. The van der Waals surface area contributed by atoms with E-state index in [1.54, 1.807) is 27.8 Å². The van der Waals surface area contributed by atoms with Gasteiger partial charge in [0.1, 0.15) is 16.9 Å². The second kappa shape index (κ2) is 8.94. The number of aromatic nitrogens is 1. The van der Waals surface area contributed by atoms with E-state index in [9.17, 15) is 19.5 Å². The lowest BCUT2D eigenvalue weighted by atomic mass is 9.99. The molecule has 1 amide bonds. The van der Waals surface area contributed by atoms with Gasteiger partial charge in [0.15, 0.2) is 11.6 Å². The molecule has 1 aromatic carbocycles. The molecule has 2 aromatic rings. The number of anilines is 2. The predicted octanol–water partition coefficient (Wildman–Crippen LogP) is 3.98. The van der Waals surface area contributed by atoms with Crippen molar-refractivity contribution in [2.45, 2.75) is 64.6 Å². The molecule has 196 valence electrons. The van der Waals surface area contributed by atoms with Crippen LogP contribution in [0.5, 0.6) is 0 Å². The second-order valence-corrected chi connectivity index (χ2v) is 10.8. The van der Waals surface area contributed by atoms with E-state index < -0.39 is 51.4 Å². The lowest BCUT2D eigenvalue weighted by Crippen LogP contribution is -2.43. The summed E-state index contributed by atoms with van der Waals surface area (Å²) < 4.78 is 38.4. The number of nitrogen functional groups attached to an aromatic ring is 1. The van der Waals surface area contributed by atoms with Crippen LogP contribution in [0, 0.1) is 17.6 Å². The Hall–Kier alpha value is -3.37. The van der Waals surface area contributed by atoms with Gasteiger partial charge >= 0.3 is 12.1 Å². The highest BCUT2D eigenvalue weighted by atomic mass is 19.1. The number of carbonyl (C=O) groups is 2. The third kappa shape index (κ3) is 4.46. The Bertz CT molecular complexity index is 1300. The van der Waals surface area contributed by atoms with Gasteiger partial charge in [0.25, 0.3) is 0 Å². The fourth-order valence-electron chi connectivity index (χ4n) is 4.82. The first-order valence-electron chi connectivity index (χ1n) is 12.0. The van der Waals surface area contributed by atoms with E-state index in [1.807, 2.05) is 6.92 Å². The summed E-state index contributed by atoms with van der Waals surface area (Å²) in [6.07, 6.45) is 2.58. The Kier molecular flexibility index (Phi) is 6.38. The van der Waals surface area contributed by atoms with E-state index in [1.165, 1.54) is 14.4 Å². The zero-order valence-electron chi connectivity index (χ0n) is 21.1. The molecule has 36 heavy (non-hydrogen) atoms. The van der Waals surface area contributed by atoms with Crippen LogP contribution >= 0.6 is 0 Å². The second-order valence-electron chi connectivity index (χ2n) is 10.8. The number of ether oxygens (including phenoxy) is 1. The van der Waals surface area contributed by atoms with Gasteiger partial charge in [-0.2, -0.15) is 0 Å². The van der Waals surface area contributed by atoms with Crippen LogP contribution in [0.25, 0.3) is 10.9 Å². The summed E-state index contributed by atoms with van der Waals surface area (Å²) in [7, 11) is 1.63. The molecule has 1 saturated heterocycles. The number of nitrogens with zero attached hydrogens (tertiary/aromatic N) is 3. The van der Waals surface area contributed by atoms with Gasteiger partial charge < -0.3 is 29.9 Å². The van der Waals surface area contributed by atoms with Crippen molar-refractivity contribution in [2.75, 3.05) is 30.8 Å². The molecule has 1 aliphatic heterocycles. The van der Waals surface area contributed by atoms with E-state index in [0.29, 0.717) is 25.8 Å². The molecule has 2 aliphatic rings. The molecule has 2 atom stereocenters. The van der Waals surface area contributed by atoms with Crippen molar-refractivity contribution in [2.24, 2.45) is 5.92 Å². The first kappa shape index (κ1) is 25.7. The van der Waals surface area contributed by atoms with Crippen LogP contribution in [-0.4, -0.2) is 58.4 Å². The fourth-order valence-corrected chi connectivity index (χ4v) is 4.82. The fraction of sp³-hybridized carbons (Fsp3) is 0.560. The smallest absolute Gasteiger partial charge is 0.410 e. The molecule has 11 heteroatoms. The maximum absolute atomic E-state index is 16.0. The number of carboxylic acid groups (broad SMARTS) is 1. The van der Waals surface area contributed by atoms with Crippen molar-refractivity contribution >= 4 is 34.3 Å². The van der Waals surface area contributed by atoms with Crippen LogP contribution in [0.1, 0.15) is 63.4 Å². The zero-order valence-corrected chi connectivity index (χ0v) is 21.1. The molecule has 0 unspecified atom stereocenters. The largest absolute Gasteiger partial charge is 0.477 e. The number of hydrogen-bond donors (Lipinski definition) is 2. The number of hydrogen-bond acceptors (Lipinski definition) is 6. The summed E-state index contributed by atoms with van der Waals surface area (Å²) in [6, 6.07) is -0.455. The van der Waals surface area contributed by atoms with Crippen molar-refractivity contribution in [1.29, 1.82) is 0 Å². The summed E-state index contributed by atoms with van der Waals surface area (Å²) in [5, 5.41) is 9.00. The number of rotatable bonds is 5. The SMILES string of the molecule is C[C@@H]([C@H]1CCN(c2c(F)c(N)c3c(=O)c(C(=O)O)cn(C4CC4)c3c2F)C1)N(C)C(=O)OC(C)(C)C. The first-order chi connectivity index (χ1) is 16.7. The predicted molar refractivity (Wildman–Crippen MR) is 132 cm³/mol. The van der Waals surface area contributed by atoms with Crippen LogP contribution in [0.15, 0.2) is 11.0 Å². The van der Waals surface area contributed by atoms with Gasteiger partial charge in [-0.15, -0.1) is 0 Å². The van der Waals surface area contributed by atoms with Gasteiger partial charge in [-0.1, -0.05) is 0 Å². The number of amides is 1. The molecule has 1 saturated carbocycles. The molecule has 3 N–H and O–H groups in total. The van der Waals surface area contributed by atoms with E-state index in [2.05, 4.69) is 0 Å². The average molecular weight is 507 g/mol. The Labute approximate surface area is 207 Å². The van der Waals surface area contributed by atoms with E-state index in [-0.39, 0.29) is 35.8 Å². The number of halogens is 2. The molecule has 9 nitrogen and oxygen atoms in total. The molecule has 0 bridgehead atoms. The van der Waals surface area contributed by atoms with Crippen LogP contribution in [-0.2, 0) is 4.74 Å². The van der Waals surface area contributed by atoms with Gasteiger partial charge in [-0.25, -0.2) is 18.4 Å². The van der Waals surface area contributed by atoms with Crippen molar-refractivity contribution in [3.63, 3.8) is 0 Å². The quantitative estimate of drug-likeness (QED) is 0.589. The van der Waals surface area contributed by atoms with Gasteiger partial charge in [0.05, 0.1) is 16.6 Å². The van der Waals surface area contributed by atoms with Crippen LogP contribution in [0.3, 0.4) is 0 Å². The minimum Gasteiger partial charge on any atom is -0.477 e. The Morgan fingerprint density at radius 3 is 2.42 bits per heavy atom. The first-order valence-corrected chi connectivity index (χ1v) is 12.0. The maximum atomic E-state index is 16.0. The van der Waals surface area contributed by atoms with Crippen LogP contribution < -0.4 is 16.1 Å². The molecular formula is C25H32F2N4O5. The minimum atomic E-state index is -1.48. The molecule has 0 spiro atoms. The van der Waals surface area contributed by atoms with E-state index >= 15 is 8.78 Å². The summed E-state index contributed by atoms with van der Waals surface area (Å²) in [5.74, 6) is -3.61.